The minimum Gasteiger partial charge on any atom is -0.320 e. The van der Waals surface area contributed by atoms with Gasteiger partial charge in [-0.05, 0) is 22.9 Å². The van der Waals surface area contributed by atoms with Crippen molar-refractivity contribution in [2.24, 2.45) is 0 Å². The lowest BCUT2D eigenvalue weighted by atomic mass is 9.97. The van der Waals surface area contributed by atoms with Crippen molar-refractivity contribution in [2.45, 2.75) is 23.7 Å². The van der Waals surface area contributed by atoms with Crippen LogP contribution in [-0.2, 0) is 9.59 Å². The molecule has 0 aromatic heterocycles. The molecule has 0 aliphatic rings. The lowest BCUT2D eigenvalue weighted by molar-refractivity contribution is -0.345. The van der Waals surface area contributed by atoms with E-state index in [1.807, 2.05) is 0 Å². The number of amides is 2. The average Bonchev–Trinajstić information content (AvgIpc) is 2.88. The SMILES string of the molecule is O=C(Nc1cccc2ccccc12)C(F)(F)C(F)(F)C(F)(F)C(F)(F)C(=O)Nc1cccc2ccccc12. The van der Waals surface area contributed by atoms with E-state index in [2.05, 4.69) is 0 Å². The Morgan fingerprint density at radius 2 is 0.789 bits per heavy atom. The van der Waals surface area contributed by atoms with Crippen molar-refractivity contribution >= 4 is 44.7 Å². The zero-order valence-corrected chi connectivity index (χ0v) is 18.9. The Morgan fingerprint density at radius 3 is 1.16 bits per heavy atom. The highest BCUT2D eigenvalue weighted by atomic mass is 19.4. The summed E-state index contributed by atoms with van der Waals surface area (Å²) in [5.41, 5.74) is -0.903. The maximum Gasteiger partial charge on any atom is 0.393 e. The smallest absolute Gasteiger partial charge is 0.320 e. The normalized spacial score (nSPS) is 12.9. The van der Waals surface area contributed by atoms with E-state index in [1.165, 1.54) is 71.3 Å². The average molecular weight is 540 g/mol. The van der Waals surface area contributed by atoms with Gasteiger partial charge in [0.1, 0.15) is 0 Å². The Bertz CT molecular complexity index is 1410. The standard InChI is InChI=1S/C26H16F8N2O2/c27-23(28,21(37)35-19-13-5-9-15-7-1-3-11-17(15)19)25(31,32)26(33,34)24(29,30)22(38)36-20-14-6-10-16-8-2-4-12-18(16)20/h1-14H,(H,35,37)(H,36,38). The van der Waals surface area contributed by atoms with E-state index in [0.717, 1.165) is 12.1 Å². The number of hydrogen-bond acceptors (Lipinski definition) is 2. The van der Waals surface area contributed by atoms with Crippen LogP contribution in [0.3, 0.4) is 0 Å². The molecule has 0 atom stereocenters. The number of carbonyl (C=O) groups is 2. The molecule has 4 aromatic rings. The van der Waals surface area contributed by atoms with E-state index >= 15 is 0 Å². The van der Waals surface area contributed by atoms with Gasteiger partial charge in [-0.15, -0.1) is 0 Å². The summed E-state index contributed by atoms with van der Waals surface area (Å²) in [4.78, 5) is 24.2. The number of nitrogens with one attached hydrogen (secondary N) is 2. The molecule has 198 valence electrons. The summed E-state index contributed by atoms with van der Waals surface area (Å²) in [6.45, 7) is 0. The van der Waals surface area contributed by atoms with Crippen LogP contribution in [0.25, 0.3) is 21.5 Å². The minimum absolute atomic E-state index is 0.0917. The molecule has 0 saturated carbocycles. The first-order valence-corrected chi connectivity index (χ1v) is 10.8. The Morgan fingerprint density at radius 1 is 0.474 bits per heavy atom. The van der Waals surface area contributed by atoms with Crippen molar-refractivity contribution < 1.29 is 44.7 Å². The molecule has 0 unspecified atom stereocenters. The van der Waals surface area contributed by atoms with Crippen LogP contribution in [0.5, 0.6) is 0 Å². The lowest BCUT2D eigenvalue weighted by Gasteiger charge is -2.35. The van der Waals surface area contributed by atoms with Gasteiger partial charge in [-0.1, -0.05) is 72.8 Å². The molecule has 2 amide bonds. The number of hydrogen-bond donors (Lipinski definition) is 2. The highest BCUT2D eigenvalue weighted by Crippen LogP contribution is 2.53. The van der Waals surface area contributed by atoms with Gasteiger partial charge in [0.2, 0.25) is 0 Å². The lowest BCUT2D eigenvalue weighted by Crippen LogP contribution is -2.67. The summed E-state index contributed by atoms with van der Waals surface area (Å²) in [6, 6.07) is 19.1. The zero-order chi connectivity index (χ0) is 27.9. The second-order valence-corrected chi connectivity index (χ2v) is 8.26. The molecule has 0 spiro atoms. The van der Waals surface area contributed by atoms with Crippen molar-refractivity contribution in [3.63, 3.8) is 0 Å². The van der Waals surface area contributed by atoms with E-state index in [9.17, 15) is 44.7 Å². The molecule has 0 aliphatic heterocycles. The summed E-state index contributed by atoms with van der Waals surface area (Å²) in [7, 11) is 0. The maximum atomic E-state index is 14.5. The Labute approximate surface area is 209 Å². The van der Waals surface area contributed by atoms with Crippen molar-refractivity contribution in [2.75, 3.05) is 10.6 Å². The van der Waals surface area contributed by atoms with Crippen LogP contribution in [0, 0.1) is 0 Å². The summed E-state index contributed by atoms with van der Waals surface area (Å²) >= 11 is 0. The fourth-order valence-electron chi connectivity index (χ4n) is 3.75. The second-order valence-electron chi connectivity index (χ2n) is 8.26. The van der Waals surface area contributed by atoms with E-state index in [-0.39, 0.29) is 10.8 Å². The van der Waals surface area contributed by atoms with Crippen molar-refractivity contribution in [3.05, 3.63) is 84.9 Å². The second kappa shape index (κ2) is 9.26. The maximum absolute atomic E-state index is 14.5. The number of fused-ring (bicyclic) bond motifs is 2. The number of anilines is 2. The molecule has 4 rings (SSSR count). The van der Waals surface area contributed by atoms with Crippen molar-refractivity contribution in [1.82, 2.24) is 0 Å². The molecule has 0 heterocycles. The quantitative estimate of drug-likeness (QED) is 0.246. The van der Waals surface area contributed by atoms with Gasteiger partial charge in [0.05, 0.1) is 0 Å². The predicted molar refractivity (Wildman–Crippen MR) is 125 cm³/mol. The summed E-state index contributed by atoms with van der Waals surface area (Å²) in [5, 5.41) is 3.73. The monoisotopic (exact) mass is 540 g/mol. The Kier molecular flexibility index (Phi) is 6.54. The molecule has 2 N–H and O–H groups in total. The molecular formula is C26H16F8N2O2. The van der Waals surface area contributed by atoms with E-state index in [0.29, 0.717) is 10.8 Å². The topological polar surface area (TPSA) is 58.2 Å². The highest BCUT2D eigenvalue weighted by molar-refractivity contribution is 6.06. The van der Waals surface area contributed by atoms with Gasteiger partial charge >= 0.3 is 35.5 Å². The molecule has 4 aromatic carbocycles. The molecule has 0 bridgehead atoms. The van der Waals surface area contributed by atoms with Gasteiger partial charge in [0.15, 0.2) is 0 Å². The third kappa shape index (κ3) is 4.19. The summed E-state index contributed by atoms with van der Waals surface area (Å²) in [5.74, 6) is -32.7. The van der Waals surface area contributed by atoms with Crippen LogP contribution in [0.15, 0.2) is 84.9 Å². The van der Waals surface area contributed by atoms with E-state index < -0.39 is 46.9 Å². The molecular weight excluding hydrogens is 524 g/mol. The number of carbonyl (C=O) groups excluding carboxylic acids is 2. The molecule has 0 radical (unpaired) electrons. The van der Waals surface area contributed by atoms with Crippen LogP contribution in [0.1, 0.15) is 0 Å². The first-order chi connectivity index (χ1) is 17.7. The van der Waals surface area contributed by atoms with Crippen LogP contribution in [0.4, 0.5) is 46.5 Å². The number of rotatable bonds is 7. The van der Waals surface area contributed by atoms with Gasteiger partial charge in [0.25, 0.3) is 0 Å². The first-order valence-electron chi connectivity index (χ1n) is 10.8. The fourth-order valence-corrected chi connectivity index (χ4v) is 3.75. The molecule has 0 aliphatic carbocycles. The number of alkyl halides is 8. The summed E-state index contributed by atoms with van der Waals surface area (Å²) in [6.07, 6.45) is 0. The number of benzene rings is 4. The molecule has 12 heteroatoms. The van der Waals surface area contributed by atoms with Crippen LogP contribution in [-0.4, -0.2) is 35.5 Å². The third-order valence-corrected chi connectivity index (χ3v) is 5.83. The van der Waals surface area contributed by atoms with Gasteiger partial charge < -0.3 is 10.6 Å². The predicted octanol–water partition coefficient (Wildman–Crippen LogP) is 7.11. The fraction of sp³-hybridized carbons (Fsp3) is 0.154. The Hall–Kier alpha value is -4.22. The van der Waals surface area contributed by atoms with Crippen molar-refractivity contribution in [3.8, 4) is 0 Å². The summed E-state index contributed by atoms with van der Waals surface area (Å²) < 4.78 is 116. The van der Waals surface area contributed by atoms with Crippen LogP contribution < -0.4 is 10.6 Å². The van der Waals surface area contributed by atoms with E-state index in [1.54, 1.807) is 12.1 Å². The van der Waals surface area contributed by atoms with Gasteiger partial charge in [-0.2, -0.15) is 35.1 Å². The largest absolute Gasteiger partial charge is 0.393 e. The number of halogens is 8. The zero-order valence-electron chi connectivity index (χ0n) is 18.9. The van der Waals surface area contributed by atoms with E-state index in [4.69, 9.17) is 0 Å². The van der Waals surface area contributed by atoms with Gasteiger partial charge in [-0.3, -0.25) is 9.59 Å². The van der Waals surface area contributed by atoms with Crippen LogP contribution >= 0.6 is 0 Å². The molecule has 38 heavy (non-hydrogen) atoms. The van der Waals surface area contributed by atoms with Crippen LogP contribution in [0.2, 0.25) is 0 Å². The first kappa shape index (κ1) is 26.8. The van der Waals surface area contributed by atoms with Gasteiger partial charge in [-0.25, -0.2) is 0 Å². The Balaban J connectivity index is 1.63. The highest BCUT2D eigenvalue weighted by Gasteiger charge is 2.84. The molecule has 4 nitrogen and oxygen atoms in total. The van der Waals surface area contributed by atoms with Crippen molar-refractivity contribution in [1.29, 1.82) is 0 Å². The third-order valence-electron chi connectivity index (χ3n) is 5.83. The van der Waals surface area contributed by atoms with Gasteiger partial charge in [0, 0.05) is 22.1 Å². The minimum atomic E-state index is -6.99. The molecule has 0 fully saturated rings. The molecule has 0 saturated heterocycles.